The van der Waals surface area contributed by atoms with Gasteiger partial charge in [-0.15, -0.1) is 0 Å². The highest BCUT2D eigenvalue weighted by atomic mass is 32.1. The Morgan fingerprint density at radius 1 is 1.16 bits per heavy atom. The molecule has 3 aromatic rings. The minimum atomic E-state index is 0.962. The van der Waals surface area contributed by atoms with Crippen LogP contribution in [0.3, 0.4) is 0 Å². The van der Waals surface area contributed by atoms with Crippen LogP contribution in [0.5, 0.6) is 0 Å². The highest BCUT2D eigenvalue weighted by molar-refractivity contribution is 7.07. The lowest BCUT2D eigenvalue weighted by atomic mass is 10.2. The first-order chi connectivity index (χ1) is 9.43. The van der Waals surface area contributed by atoms with Crippen molar-refractivity contribution in [3.8, 4) is 0 Å². The van der Waals surface area contributed by atoms with Crippen LogP contribution in [0.4, 0.5) is 0 Å². The van der Waals surface area contributed by atoms with E-state index in [0.29, 0.717) is 0 Å². The molecule has 2 heterocycles. The van der Waals surface area contributed by atoms with Crippen LogP contribution in [0.2, 0.25) is 0 Å². The number of aromatic nitrogens is 2. The van der Waals surface area contributed by atoms with Crippen molar-refractivity contribution >= 4 is 22.4 Å². The molecule has 0 aliphatic carbocycles. The number of rotatable bonds is 6. The van der Waals surface area contributed by atoms with Crippen LogP contribution in [0.15, 0.2) is 47.4 Å². The number of nitrogens with one attached hydrogen (secondary N) is 1. The molecular weight excluding hydrogens is 254 g/mol. The van der Waals surface area contributed by atoms with Crippen molar-refractivity contribution in [3.05, 3.63) is 53.0 Å². The lowest BCUT2D eigenvalue weighted by Gasteiger charge is -2.06. The Bertz CT molecular complexity index is 628. The van der Waals surface area contributed by atoms with Crippen molar-refractivity contribution in [2.24, 2.45) is 0 Å². The lowest BCUT2D eigenvalue weighted by Crippen LogP contribution is -2.22. The Morgan fingerprint density at radius 2 is 2.11 bits per heavy atom. The van der Waals surface area contributed by atoms with Gasteiger partial charge in [0.1, 0.15) is 0 Å². The van der Waals surface area contributed by atoms with Gasteiger partial charge in [-0.2, -0.15) is 11.3 Å². The molecule has 0 aliphatic heterocycles. The molecule has 0 aliphatic rings. The summed E-state index contributed by atoms with van der Waals surface area (Å²) in [5.41, 5.74) is 3.70. The molecule has 4 heteroatoms. The molecule has 0 atom stereocenters. The summed E-state index contributed by atoms with van der Waals surface area (Å²) >= 11 is 1.76. The zero-order valence-electron chi connectivity index (χ0n) is 10.7. The van der Waals surface area contributed by atoms with Gasteiger partial charge in [0.2, 0.25) is 0 Å². The average Bonchev–Trinajstić information content (AvgIpc) is 3.08. The molecule has 1 N–H and O–H groups in total. The summed E-state index contributed by atoms with van der Waals surface area (Å²) in [6, 6.07) is 10.4. The van der Waals surface area contributed by atoms with Gasteiger partial charge in [0.15, 0.2) is 0 Å². The number of fused-ring (bicyclic) bond motifs is 1. The normalized spacial score (nSPS) is 11.2. The first-order valence-electron chi connectivity index (χ1n) is 6.55. The minimum Gasteiger partial charge on any atom is -0.329 e. The number of hydrogen-bond donors (Lipinski definition) is 1. The first kappa shape index (κ1) is 12.4. The van der Waals surface area contributed by atoms with E-state index < -0.39 is 0 Å². The summed E-state index contributed by atoms with van der Waals surface area (Å²) in [7, 11) is 0. The predicted molar refractivity (Wildman–Crippen MR) is 80.6 cm³/mol. The van der Waals surface area contributed by atoms with Crippen molar-refractivity contribution in [2.45, 2.75) is 13.0 Å². The molecule has 0 saturated carbocycles. The second-order valence-corrected chi connectivity index (χ2v) is 5.34. The number of nitrogens with zero attached hydrogens (tertiary/aromatic N) is 2. The Labute approximate surface area is 116 Å². The third-order valence-corrected chi connectivity index (χ3v) is 3.96. The molecule has 0 unspecified atom stereocenters. The Balaban J connectivity index is 1.47. The second kappa shape index (κ2) is 5.99. The van der Waals surface area contributed by atoms with E-state index >= 15 is 0 Å². The fourth-order valence-corrected chi connectivity index (χ4v) is 2.88. The van der Waals surface area contributed by atoms with Crippen molar-refractivity contribution in [1.82, 2.24) is 14.9 Å². The monoisotopic (exact) mass is 271 g/mol. The third-order valence-electron chi connectivity index (χ3n) is 3.23. The van der Waals surface area contributed by atoms with E-state index in [2.05, 4.69) is 49.9 Å². The fraction of sp³-hybridized carbons (Fsp3) is 0.267. The molecule has 98 valence electrons. The molecule has 1 aromatic carbocycles. The first-order valence-corrected chi connectivity index (χ1v) is 7.49. The largest absolute Gasteiger partial charge is 0.329 e. The molecule has 19 heavy (non-hydrogen) atoms. The highest BCUT2D eigenvalue weighted by Crippen LogP contribution is 2.11. The van der Waals surface area contributed by atoms with Crippen molar-refractivity contribution in [3.63, 3.8) is 0 Å². The van der Waals surface area contributed by atoms with Gasteiger partial charge in [0.05, 0.1) is 17.4 Å². The van der Waals surface area contributed by atoms with Gasteiger partial charge >= 0.3 is 0 Å². The number of para-hydroxylation sites is 2. The molecule has 2 aromatic heterocycles. The van der Waals surface area contributed by atoms with Crippen LogP contribution >= 0.6 is 11.3 Å². The molecule has 0 saturated heterocycles. The maximum atomic E-state index is 4.39. The molecule has 3 nitrogen and oxygen atoms in total. The van der Waals surface area contributed by atoms with Crippen LogP contribution in [-0.4, -0.2) is 22.6 Å². The van der Waals surface area contributed by atoms with Gasteiger partial charge in [-0.05, 0) is 47.5 Å². The van der Waals surface area contributed by atoms with Crippen LogP contribution < -0.4 is 5.32 Å². The van der Waals surface area contributed by atoms with Gasteiger partial charge in [-0.1, -0.05) is 12.1 Å². The van der Waals surface area contributed by atoms with Crippen molar-refractivity contribution < 1.29 is 0 Å². The molecule has 0 spiro atoms. The standard InChI is InChI=1S/C15H17N3S/c1-2-4-15-14(3-1)17-12-18(15)9-8-16-7-5-13-6-10-19-11-13/h1-4,6,10-12,16H,5,7-9H2. The quantitative estimate of drug-likeness (QED) is 0.699. The van der Waals surface area contributed by atoms with E-state index in [0.717, 1.165) is 31.6 Å². The Kier molecular flexibility index (Phi) is 3.91. The Hall–Kier alpha value is -1.65. The summed E-state index contributed by atoms with van der Waals surface area (Å²) < 4.78 is 2.20. The topological polar surface area (TPSA) is 29.9 Å². The molecule has 3 rings (SSSR count). The molecule has 0 radical (unpaired) electrons. The minimum absolute atomic E-state index is 0.962. The number of benzene rings is 1. The van der Waals surface area contributed by atoms with E-state index in [1.54, 1.807) is 11.3 Å². The third kappa shape index (κ3) is 3.03. The zero-order chi connectivity index (χ0) is 12.9. The van der Waals surface area contributed by atoms with Gasteiger partial charge in [0, 0.05) is 13.1 Å². The van der Waals surface area contributed by atoms with Crippen LogP contribution in [-0.2, 0) is 13.0 Å². The van der Waals surface area contributed by atoms with Gasteiger partial charge in [-0.25, -0.2) is 4.98 Å². The van der Waals surface area contributed by atoms with E-state index in [-0.39, 0.29) is 0 Å². The molecule has 0 fully saturated rings. The smallest absolute Gasteiger partial charge is 0.0958 e. The summed E-state index contributed by atoms with van der Waals surface area (Å²) in [5, 5.41) is 7.83. The summed E-state index contributed by atoms with van der Waals surface area (Å²) in [4.78, 5) is 4.39. The van der Waals surface area contributed by atoms with E-state index in [9.17, 15) is 0 Å². The van der Waals surface area contributed by atoms with Crippen LogP contribution in [0.25, 0.3) is 11.0 Å². The van der Waals surface area contributed by atoms with Crippen molar-refractivity contribution in [1.29, 1.82) is 0 Å². The average molecular weight is 271 g/mol. The zero-order valence-corrected chi connectivity index (χ0v) is 11.6. The lowest BCUT2D eigenvalue weighted by molar-refractivity contribution is 0.607. The predicted octanol–water partition coefficient (Wildman–Crippen LogP) is 2.93. The van der Waals surface area contributed by atoms with E-state index in [1.807, 2.05) is 12.4 Å². The van der Waals surface area contributed by atoms with Crippen LogP contribution in [0.1, 0.15) is 5.56 Å². The summed E-state index contributed by atoms with van der Waals surface area (Å²) in [6.45, 7) is 2.97. The Morgan fingerprint density at radius 3 is 3.00 bits per heavy atom. The van der Waals surface area contributed by atoms with Gasteiger partial charge in [0.25, 0.3) is 0 Å². The fourth-order valence-electron chi connectivity index (χ4n) is 2.18. The second-order valence-electron chi connectivity index (χ2n) is 4.56. The maximum Gasteiger partial charge on any atom is 0.0958 e. The summed E-state index contributed by atoms with van der Waals surface area (Å²) in [5.74, 6) is 0. The van der Waals surface area contributed by atoms with Crippen LogP contribution in [0, 0.1) is 0 Å². The maximum absolute atomic E-state index is 4.39. The molecule has 0 amide bonds. The molecule has 0 bridgehead atoms. The van der Waals surface area contributed by atoms with Gasteiger partial charge in [-0.3, -0.25) is 0 Å². The van der Waals surface area contributed by atoms with Gasteiger partial charge < -0.3 is 9.88 Å². The molecular formula is C15H17N3S. The number of thiophene rings is 1. The highest BCUT2D eigenvalue weighted by Gasteiger charge is 2.00. The number of imidazole rings is 1. The SMILES string of the molecule is c1ccc2c(c1)ncn2CCNCCc1ccsc1. The van der Waals surface area contributed by atoms with Crippen molar-refractivity contribution in [2.75, 3.05) is 13.1 Å². The summed E-state index contributed by atoms with van der Waals surface area (Å²) in [6.07, 6.45) is 3.03. The number of hydrogen-bond acceptors (Lipinski definition) is 3. The van der Waals surface area contributed by atoms with E-state index in [4.69, 9.17) is 0 Å². The van der Waals surface area contributed by atoms with E-state index in [1.165, 1.54) is 11.1 Å².